The molecule has 1 rings (SSSR count). The molecule has 0 aromatic carbocycles. The standard InChI is InChI=1S/C12H20N4O2/c1-2-15(7-8-17)10-11(9-13)12(18)16-5-3-14-4-6-16/h10,14,17H,2-8H2,1H3/b11-10-. The molecule has 18 heavy (non-hydrogen) atoms. The highest BCUT2D eigenvalue weighted by Gasteiger charge is 2.20. The van der Waals surface area contributed by atoms with Gasteiger partial charge in [-0.15, -0.1) is 0 Å². The minimum atomic E-state index is -0.226. The zero-order chi connectivity index (χ0) is 13.4. The van der Waals surface area contributed by atoms with Crippen LogP contribution in [0, 0.1) is 11.3 Å². The summed E-state index contributed by atoms with van der Waals surface area (Å²) in [5.41, 5.74) is 0.132. The molecule has 1 saturated heterocycles. The number of aliphatic hydroxyl groups excluding tert-OH is 1. The molecule has 1 aliphatic heterocycles. The van der Waals surface area contributed by atoms with Crippen LogP contribution in [0.5, 0.6) is 0 Å². The van der Waals surface area contributed by atoms with E-state index in [1.807, 2.05) is 13.0 Å². The van der Waals surface area contributed by atoms with Crippen molar-refractivity contribution in [2.75, 3.05) is 45.9 Å². The smallest absolute Gasteiger partial charge is 0.266 e. The van der Waals surface area contributed by atoms with Crippen LogP contribution in [0.4, 0.5) is 0 Å². The second-order valence-corrected chi connectivity index (χ2v) is 4.05. The first-order chi connectivity index (χ1) is 8.72. The first-order valence-electron chi connectivity index (χ1n) is 6.19. The van der Waals surface area contributed by atoms with E-state index >= 15 is 0 Å². The Morgan fingerprint density at radius 3 is 2.72 bits per heavy atom. The van der Waals surface area contributed by atoms with Crippen LogP contribution in [0.1, 0.15) is 6.92 Å². The highest BCUT2D eigenvalue weighted by molar-refractivity contribution is 5.97. The molecular weight excluding hydrogens is 232 g/mol. The number of nitrogens with zero attached hydrogens (tertiary/aromatic N) is 3. The van der Waals surface area contributed by atoms with Gasteiger partial charge in [0.05, 0.1) is 6.61 Å². The lowest BCUT2D eigenvalue weighted by atomic mass is 10.2. The van der Waals surface area contributed by atoms with Gasteiger partial charge in [0, 0.05) is 45.5 Å². The summed E-state index contributed by atoms with van der Waals surface area (Å²) < 4.78 is 0. The van der Waals surface area contributed by atoms with E-state index in [2.05, 4.69) is 5.32 Å². The Morgan fingerprint density at radius 1 is 1.56 bits per heavy atom. The summed E-state index contributed by atoms with van der Waals surface area (Å²) in [6.07, 6.45) is 1.54. The Kier molecular flexibility index (Phi) is 6.19. The number of nitriles is 1. The summed E-state index contributed by atoms with van der Waals surface area (Å²) in [5.74, 6) is -0.226. The van der Waals surface area contributed by atoms with Crippen molar-refractivity contribution >= 4 is 5.91 Å². The maximum Gasteiger partial charge on any atom is 0.266 e. The monoisotopic (exact) mass is 252 g/mol. The number of carbonyl (C=O) groups is 1. The zero-order valence-corrected chi connectivity index (χ0v) is 10.7. The number of hydrogen-bond acceptors (Lipinski definition) is 5. The molecule has 0 aromatic heterocycles. The van der Waals surface area contributed by atoms with Gasteiger partial charge in [-0.1, -0.05) is 0 Å². The van der Waals surface area contributed by atoms with Gasteiger partial charge in [0.2, 0.25) is 0 Å². The molecule has 1 aliphatic rings. The average molecular weight is 252 g/mol. The molecule has 0 unspecified atom stereocenters. The zero-order valence-electron chi connectivity index (χ0n) is 10.7. The molecule has 0 radical (unpaired) electrons. The molecule has 2 N–H and O–H groups in total. The van der Waals surface area contributed by atoms with Crippen molar-refractivity contribution in [3.05, 3.63) is 11.8 Å². The van der Waals surface area contributed by atoms with Gasteiger partial charge in [-0.2, -0.15) is 5.26 Å². The van der Waals surface area contributed by atoms with Gasteiger partial charge >= 0.3 is 0 Å². The minimum absolute atomic E-state index is 0.00483. The third-order valence-corrected chi connectivity index (χ3v) is 2.86. The summed E-state index contributed by atoms with van der Waals surface area (Å²) in [6.45, 7) is 5.78. The quantitative estimate of drug-likeness (QED) is 0.492. The lowest BCUT2D eigenvalue weighted by Crippen LogP contribution is -2.47. The molecule has 6 nitrogen and oxygen atoms in total. The van der Waals surface area contributed by atoms with Crippen LogP contribution in [0.2, 0.25) is 0 Å². The first kappa shape index (κ1) is 14.5. The first-order valence-corrected chi connectivity index (χ1v) is 6.19. The average Bonchev–Trinajstić information content (AvgIpc) is 2.43. The molecule has 0 atom stereocenters. The van der Waals surface area contributed by atoms with Gasteiger partial charge in [-0.05, 0) is 6.92 Å². The topological polar surface area (TPSA) is 79.6 Å². The molecule has 1 fully saturated rings. The van der Waals surface area contributed by atoms with Gasteiger partial charge in [-0.25, -0.2) is 0 Å². The highest BCUT2D eigenvalue weighted by atomic mass is 16.3. The van der Waals surface area contributed by atoms with Gasteiger partial charge in [0.25, 0.3) is 5.91 Å². The number of nitrogens with one attached hydrogen (secondary N) is 1. The Bertz CT molecular complexity index is 342. The van der Waals surface area contributed by atoms with E-state index in [-0.39, 0.29) is 18.1 Å². The molecule has 6 heteroatoms. The molecule has 1 amide bonds. The number of amides is 1. The summed E-state index contributed by atoms with van der Waals surface area (Å²) in [5, 5.41) is 21.1. The van der Waals surface area contributed by atoms with E-state index in [1.54, 1.807) is 16.0 Å². The summed E-state index contributed by atoms with van der Waals surface area (Å²) in [4.78, 5) is 15.5. The number of rotatable bonds is 5. The van der Waals surface area contributed by atoms with Gasteiger partial charge < -0.3 is 20.2 Å². The van der Waals surface area contributed by atoms with E-state index in [0.717, 1.165) is 13.1 Å². The summed E-state index contributed by atoms with van der Waals surface area (Å²) >= 11 is 0. The van der Waals surface area contributed by atoms with Crippen LogP contribution in [0.3, 0.4) is 0 Å². The fourth-order valence-corrected chi connectivity index (χ4v) is 1.80. The molecule has 0 aliphatic carbocycles. The fraction of sp³-hybridized carbons (Fsp3) is 0.667. The van der Waals surface area contributed by atoms with Crippen molar-refractivity contribution < 1.29 is 9.90 Å². The molecule has 0 saturated carbocycles. The van der Waals surface area contributed by atoms with Crippen LogP contribution < -0.4 is 5.32 Å². The van der Waals surface area contributed by atoms with Crippen LogP contribution in [0.15, 0.2) is 11.8 Å². The molecule has 0 bridgehead atoms. The van der Waals surface area contributed by atoms with Crippen LogP contribution >= 0.6 is 0 Å². The van der Waals surface area contributed by atoms with Crippen LogP contribution in [-0.4, -0.2) is 66.7 Å². The number of hydrogen-bond donors (Lipinski definition) is 2. The number of aliphatic hydroxyl groups is 1. The molecule has 100 valence electrons. The lowest BCUT2D eigenvalue weighted by molar-refractivity contribution is -0.127. The third-order valence-electron chi connectivity index (χ3n) is 2.86. The van der Waals surface area contributed by atoms with E-state index < -0.39 is 0 Å². The maximum absolute atomic E-state index is 12.1. The summed E-state index contributed by atoms with van der Waals surface area (Å²) in [7, 11) is 0. The van der Waals surface area contributed by atoms with Crippen molar-refractivity contribution in [2.45, 2.75) is 6.92 Å². The Morgan fingerprint density at radius 2 is 2.22 bits per heavy atom. The molecule has 0 aromatic rings. The van der Waals surface area contributed by atoms with Crippen molar-refractivity contribution in [1.82, 2.24) is 15.1 Å². The summed E-state index contributed by atoms with van der Waals surface area (Å²) in [6, 6.07) is 1.95. The normalized spacial score (nSPS) is 16.3. The van der Waals surface area contributed by atoms with Crippen molar-refractivity contribution in [3.63, 3.8) is 0 Å². The number of likely N-dealkylation sites (N-methyl/N-ethyl adjacent to an activating group) is 1. The maximum atomic E-state index is 12.1. The van der Waals surface area contributed by atoms with Crippen LogP contribution in [-0.2, 0) is 4.79 Å². The second-order valence-electron chi connectivity index (χ2n) is 4.05. The fourth-order valence-electron chi connectivity index (χ4n) is 1.80. The van der Waals surface area contributed by atoms with Crippen molar-refractivity contribution in [1.29, 1.82) is 5.26 Å². The van der Waals surface area contributed by atoms with E-state index in [4.69, 9.17) is 10.4 Å². The third kappa shape index (κ3) is 4.02. The van der Waals surface area contributed by atoms with Crippen molar-refractivity contribution in [3.8, 4) is 6.07 Å². The Hall–Kier alpha value is -1.58. The minimum Gasteiger partial charge on any atom is -0.395 e. The predicted molar refractivity (Wildman–Crippen MR) is 67.5 cm³/mol. The van der Waals surface area contributed by atoms with Gasteiger partial charge in [0.1, 0.15) is 11.6 Å². The molecular formula is C12H20N4O2. The molecule has 0 spiro atoms. The van der Waals surface area contributed by atoms with Crippen LogP contribution in [0.25, 0.3) is 0 Å². The van der Waals surface area contributed by atoms with Crippen molar-refractivity contribution in [2.24, 2.45) is 0 Å². The number of carbonyl (C=O) groups excluding carboxylic acids is 1. The lowest BCUT2D eigenvalue weighted by Gasteiger charge is -2.27. The highest BCUT2D eigenvalue weighted by Crippen LogP contribution is 2.05. The number of piperazine rings is 1. The largest absolute Gasteiger partial charge is 0.395 e. The van der Waals surface area contributed by atoms with E-state index in [0.29, 0.717) is 26.2 Å². The predicted octanol–water partition coefficient (Wildman–Crippen LogP) is -0.860. The van der Waals surface area contributed by atoms with Gasteiger partial charge in [-0.3, -0.25) is 4.79 Å². The Labute approximate surface area is 107 Å². The van der Waals surface area contributed by atoms with E-state index in [1.165, 1.54) is 0 Å². The SMILES string of the molecule is CCN(/C=C(/C#N)C(=O)N1CCNCC1)CCO. The molecule has 1 heterocycles. The van der Waals surface area contributed by atoms with Gasteiger partial charge in [0.15, 0.2) is 0 Å². The Balaban J connectivity index is 2.71. The van der Waals surface area contributed by atoms with E-state index in [9.17, 15) is 4.79 Å². The second kappa shape index (κ2) is 7.69.